The standard InChI is InChI=1S/C22H44P2.C8H12.BF4.Rh/c1-15(2)19-9-10-20(16(3)4)23(19)13-14-24-21(17(5)6)11-12-22(24)18(7)8;1-2-4-6-8-7-5-3-1;2-1(3,4)5;/h15-22H,9-14H2,1-8H3;1-2,7-8H,3-6H2;;/q;;-1;. The van der Waals surface area contributed by atoms with Crippen LogP contribution >= 0.6 is 15.8 Å². The van der Waals surface area contributed by atoms with Gasteiger partial charge in [-0.05, 0) is 110 Å². The summed E-state index contributed by atoms with van der Waals surface area (Å²) in [7, 11) is -5.45. The summed E-state index contributed by atoms with van der Waals surface area (Å²) in [6.45, 7) is 20.0. The fourth-order valence-electron chi connectivity index (χ4n) is 6.45. The Bertz CT molecular complexity index is 567. The first-order valence-corrected chi connectivity index (χ1v) is 18.3. The summed E-state index contributed by atoms with van der Waals surface area (Å²) in [6.07, 6.45) is 23.4. The van der Waals surface area contributed by atoms with Crippen LogP contribution in [0.25, 0.3) is 0 Å². The van der Waals surface area contributed by atoms with Crippen molar-refractivity contribution in [3.8, 4) is 0 Å². The molecule has 4 unspecified atom stereocenters. The van der Waals surface area contributed by atoms with Crippen LogP contribution in [0.4, 0.5) is 17.3 Å². The third-order valence-electron chi connectivity index (χ3n) is 8.25. The molecule has 1 radical (unpaired) electrons. The van der Waals surface area contributed by atoms with Crippen molar-refractivity contribution >= 4 is 23.1 Å². The number of hydrogen-bond donors (Lipinski definition) is 0. The van der Waals surface area contributed by atoms with Gasteiger partial charge in [0.1, 0.15) is 0 Å². The summed E-state index contributed by atoms with van der Waals surface area (Å²) in [5.74, 6) is 3.66. The molecule has 2 saturated heterocycles. The van der Waals surface area contributed by atoms with Crippen molar-refractivity contribution < 1.29 is 36.7 Å². The Morgan fingerprint density at radius 2 is 0.711 bits per heavy atom. The molecule has 0 nitrogen and oxygen atoms in total. The van der Waals surface area contributed by atoms with Crippen molar-refractivity contribution in [2.24, 2.45) is 23.7 Å². The van der Waals surface area contributed by atoms with E-state index in [1.54, 1.807) is 12.3 Å². The van der Waals surface area contributed by atoms with E-state index in [0.29, 0.717) is 0 Å². The fourth-order valence-corrected chi connectivity index (χ4v) is 15.6. The number of rotatable bonds is 7. The summed E-state index contributed by atoms with van der Waals surface area (Å²) in [5.41, 5.74) is 4.28. The molecule has 0 amide bonds. The van der Waals surface area contributed by atoms with Gasteiger partial charge in [-0.2, -0.15) is 0 Å². The fraction of sp³-hybridized carbons (Fsp3) is 0.867. The summed E-state index contributed by atoms with van der Waals surface area (Å²) >= 11 is 0. The van der Waals surface area contributed by atoms with Crippen LogP contribution in [0.3, 0.4) is 0 Å². The van der Waals surface area contributed by atoms with Crippen LogP contribution in [-0.4, -0.2) is 42.2 Å². The monoisotopic (exact) mass is 668 g/mol. The molecule has 2 heterocycles. The zero-order chi connectivity index (χ0) is 28.2. The van der Waals surface area contributed by atoms with Crippen molar-refractivity contribution in [2.75, 3.05) is 12.3 Å². The Hall–Kier alpha value is 0.748. The summed E-state index contributed by atoms with van der Waals surface area (Å²) < 4.78 is 39.0. The smallest absolute Gasteiger partial charge is 0.418 e. The van der Waals surface area contributed by atoms with Crippen LogP contribution in [0.2, 0.25) is 0 Å². The van der Waals surface area contributed by atoms with Gasteiger partial charge in [-0.1, -0.05) is 95.5 Å². The maximum absolute atomic E-state index is 9.75. The average Bonchev–Trinajstić information content (AvgIpc) is 3.35. The van der Waals surface area contributed by atoms with Crippen LogP contribution < -0.4 is 0 Å². The number of halogens is 4. The molecule has 0 N–H and O–H groups in total. The van der Waals surface area contributed by atoms with Gasteiger partial charge in [0.2, 0.25) is 0 Å². The largest absolute Gasteiger partial charge is 0.673 e. The minimum absolute atomic E-state index is 0. The Morgan fingerprint density at radius 3 is 0.868 bits per heavy atom. The maximum atomic E-state index is 9.75. The van der Waals surface area contributed by atoms with Gasteiger partial charge in [0.25, 0.3) is 0 Å². The minimum atomic E-state index is -6.00. The van der Waals surface area contributed by atoms with Crippen molar-refractivity contribution in [2.45, 2.75) is 129 Å². The maximum Gasteiger partial charge on any atom is 0.673 e. The molecule has 0 aromatic rings. The van der Waals surface area contributed by atoms with Crippen LogP contribution in [-0.2, 0) is 19.5 Å². The molecule has 2 aliphatic heterocycles. The van der Waals surface area contributed by atoms with Gasteiger partial charge < -0.3 is 17.3 Å². The van der Waals surface area contributed by atoms with Gasteiger partial charge in [-0.3, -0.25) is 0 Å². The molecular weight excluding hydrogens is 612 g/mol. The van der Waals surface area contributed by atoms with Crippen molar-refractivity contribution in [3.05, 3.63) is 24.3 Å². The van der Waals surface area contributed by atoms with E-state index >= 15 is 0 Å². The van der Waals surface area contributed by atoms with Crippen LogP contribution in [0, 0.1) is 23.7 Å². The van der Waals surface area contributed by atoms with E-state index < -0.39 is 7.25 Å². The van der Waals surface area contributed by atoms with Gasteiger partial charge in [0, 0.05) is 19.5 Å². The Kier molecular flexibility index (Phi) is 20.2. The molecule has 0 spiro atoms. The van der Waals surface area contributed by atoms with E-state index in [-0.39, 0.29) is 35.3 Å². The van der Waals surface area contributed by atoms with E-state index in [9.17, 15) is 17.3 Å². The second-order valence-electron chi connectivity index (χ2n) is 12.5. The first kappa shape index (κ1) is 38.7. The average molecular weight is 668 g/mol. The molecule has 227 valence electrons. The zero-order valence-electron chi connectivity index (χ0n) is 25.3. The molecule has 0 aromatic heterocycles. The second kappa shape index (κ2) is 19.8. The molecule has 0 aromatic carbocycles. The van der Waals surface area contributed by atoms with E-state index in [2.05, 4.69) is 79.7 Å². The van der Waals surface area contributed by atoms with Gasteiger partial charge in [-0.15, -0.1) is 0 Å². The summed E-state index contributed by atoms with van der Waals surface area (Å²) in [5, 5.41) is 0. The molecular formula is C30H56BF4P2Rh-. The number of hydrogen-bond acceptors (Lipinski definition) is 0. The third kappa shape index (κ3) is 15.1. The molecule has 4 atom stereocenters. The predicted octanol–water partition coefficient (Wildman–Crippen LogP) is 11.6. The third-order valence-corrected chi connectivity index (χ3v) is 16.9. The quantitative estimate of drug-likeness (QED) is 0.110. The minimum Gasteiger partial charge on any atom is -0.418 e. The molecule has 2 fully saturated rings. The summed E-state index contributed by atoms with van der Waals surface area (Å²) in [4.78, 5) is 0. The van der Waals surface area contributed by atoms with Gasteiger partial charge >= 0.3 is 7.25 Å². The second-order valence-corrected chi connectivity index (χ2v) is 18.1. The SMILES string of the molecule is C1=CCCC=CCC1.CC(C)C1CCC(C(C)C)P1CCP1C(C(C)C)CCC1C(C)C.F[B-](F)(F)F.[Rh]. The molecule has 8 heteroatoms. The first-order chi connectivity index (χ1) is 17.2. The van der Waals surface area contributed by atoms with E-state index in [1.807, 2.05) is 0 Å². The Labute approximate surface area is 248 Å². The van der Waals surface area contributed by atoms with Gasteiger partial charge in [0.05, 0.1) is 0 Å². The molecule has 1 aliphatic carbocycles. The van der Waals surface area contributed by atoms with Gasteiger partial charge in [-0.25, -0.2) is 0 Å². The molecule has 3 rings (SSSR count). The molecule has 3 aliphatic rings. The molecule has 0 saturated carbocycles. The molecule has 38 heavy (non-hydrogen) atoms. The van der Waals surface area contributed by atoms with E-state index in [1.165, 1.54) is 51.4 Å². The van der Waals surface area contributed by atoms with Crippen LogP contribution in [0.5, 0.6) is 0 Å². The van der Waals surface area contributed by atoms with Gasteiger partial charge in [0.15, 0.2) is 0 Å². The summed E-state index contributed by atoms with van der Waals surface area (Å²) in [6, 6.07) is 0. The van der Waals surface area contributed by atoms with Crippen molar-refractivity contribution in [3.63, 3.8) is 0 Å². The van der Waals surface area contributed by atoms with Crippen molar-refractivity contribution in [1.29, 1.82) is 0 Å². The van der Waals surface area contributed by atoms with Crippen molar-refractivity contribution in [1.82, 2.24) is 0 Å². The van der Waals surface area contributed by atoms with Crippen LogP contribution in [0.15, 0.2) is 24.3 Å². The van der Waals surface area contributed by atoms with E-state index in [0.717, 1.165) is 46.3 Å². The topological polar surface area (TPSA) is 0 Å². The van der Waals surface area contributed by atoms with Crippen LogP contribution in [0.1, 0.15) is 107 Å². The Morgan fingerprint density at radius 1 is 0.526 bits per heavy atom. The first-order valence-electron chi connectivity index (χ1n) is 14.9. The zero-order valence-corrected chi connectivity index (χ0v) is 28.7. The normalized spacial score (nSPS) is 29.5. The number of allylic oxidation sites excluding steroid dienone is 4. The van der Waals surface area contributed by atoms with E-state index in [4.69, 9.17) is 0 Å². The Balaban J connectivity index is 0.000000804. The molecule has 0 bridgehead atoms. The predicted molar refractivity (Wildman–Crippen MR) is 163 cm³/mol.